The number of aryl methyl sites for hydroxylation is 1. The molecule has 0 unspecified atom stereocenters. The molecule has 0 bridgehead atoms. The quantitative estimate of drug-likeness (QED) is 0.493. The molecule has 9 nitrogen and oxygen atoms in total. The smallest absolute Gasteiger partial charge is 0.293 e. The number of nitrogens with one attached hydrogen (secondary N) is 1. The third-order valence-corrected chi connectivity index (χ3v) is 9.11. The number of para-hydroxylation sites is 1. The van der Waals surface area contributed by atoms with E-state index in [0.29, 0.717) is 23.5 Å². The molecule has 2 aromatic carbocycles. The second-order valence-corrected chi connectivity index (χ2v) is 10.8. The van der Waals surface area contributed by atoms with Gasteiger partial charge in [0.25, 0.3) is 5.69 Å². The number of anilines is 1. The molecule has 1 fully saturated rings. The number of hydrogen-bond donors (Lipinski definition) is 1. The Kier molecular flexibility index (Phi) is 7.44. The first-order valence-corrected chi connectivity index (χ1v) is 12.6. The third-order valence-electron chi connectivity index (χ3n) is 6.94. The molecule has 0 aromatic heterocycles. The minimum absolute atomic E-state index is 0.0280. The number of nitro benzene ring substituents is 1. The van der Waals surface area contributed by atoms with Gasteiger partial charge in [0.1, 0.15) is 5.69 Å². The Hall–Kier alpha value is -2.82. The molecule has 1 aliphatic heterocycles. The molecule has 1 aliphatic rings. The SMILES string of the molecule is Cc1cccc([N+](=O)[O-])c1NC(=O)CN1CCN(S(=O)(=O)c2c(C)c(C)c(C)c(C)c2C)CC1. The normalized spacial score (nSPS) is 15.4. The number of carbonyl (C=O) groups is 1. The number of nitro groups is 1. The van der Waals surface area contributed by atoms with Crippen LogP contribution >= 0.6 is 0 Å². The molecule has 1 saturated heterocycles. The molecule has 0 spiro atoms. The number of amides is 1. The fraction of sp³-hybridized carbons (Fsp3) is 0.458. The Bertz CT molecular complexity index is 1220. The van der Waals surface area contributed by atoms with E-state index in [-0.39, 0.29) is 36.9 Å². The summed E-state index contributed by atoms with van der Waals surface area (Å²) in [5.74, 6) is -0.370. The Labute approximate surface area is 201 Å². The van der Waals surface area contributed by atoms with Crippen molar-refractivity contribution in [3.8, 4) is 0 Å². The van der Waals surface area contributed by atoms with Gasteiger partial charge in [-0.1, -0.05) is 12.1 Å². The molecule has 184 valence electrons. The van der Waals surface area contributed by atoms with Crippen LogP contribution in [0.2, 0.25) is 0 Å². The highest BCUT2D eigenvalue weighted by atomic mass is 32.2. The molecule has 2 aromatic rings. The second-order valence-electron chi connectivity index (χ2n) is 8.91. The maximum atomic E-state index is 13.5. The molecular formula is C24H32N4O5S. The summed E-state index contributed by atoms with van der Waals surface area (Å²) < 4.78 is 28.5. The highest BCUT2D eigenvalue weighted by molar-refractivity contribution is 7.89. The van der Waals surface area contributed by atoms with Crippen LogP contribution in [-0.2, 0) is 14.8 Å². The zero-order valence-electron chi connectivity index (χ0n) is 20.6. The van der Waals surface area contributed by atoms with Crippen LogP contribution in [0.5, 0.6) is 0 Å². The van der Waals surface area contributed by atoms with Crippen molar-refractivity contribution in [1.29, 1.82) is 0 Å². The number of carbonyl (C=O) groups excluding carboxylic acids is 1. The number of nitrogens with zero attached hydrogens (tertiary/aromatic N) is 3. The summed E-state index contributed by atoms with van der Waals surface area (Å²) in [6.45, 7) is 12.7. The van der Waals surface area contributed by atoms with Crippen molar-refractivity contribution in [2.75, 3.05) is 38.0 Å². The van der Waals surface area contributed by atoms with Gasteiger partial charge in [-0.2, -0.15) is 4.31 Å². The van der Waals surface area contributed by atoms with E-state index in [4.69, 9.17) is 0 Å². The van der Waals surface area contributed by atoms with Gasteiger partial charge in [-0.3, -0.25) is 19.8 Å². The van der Waals surface area contributed by atoms with E-state index in [1.54, 1.807) is 19.1 Å². The lowest BCUT2D eigenvalue weighted by Crippen LogP contribution is -2.50. The number of benzene rings is 2. The van der Waals surface area contributed by atoms with E-state index in [1.807, 2.05) is 39.5 Å². The number of sulfonamides is 1. The zero-order chi connectivity index (χ0) is 25.4. The van der Waals surface area contributed by atoms with Gasteiger partial charge in [0, 0.05) is 32.2 Å². The Balaban J connectivity index is 1.70. The summed E-state index contributed by atoms with van der Waals surface area (Å²) in [6.07, 6.45) is 0. The van der Waals surface area contributed by atoms with Crippen LogP contribution in [0.3, 0.4) is 0 Å². The second kappa shape index (κ2) is 9.81. The summed E-state index contributed by atoms with van der Waals surface area (Å²) >= 11 is 0. The van der Waals surface area contributed by atoms with Gasteiger partial charge in [0.15, 0.2) is 0 Å². The summed E-state index contributed by atoms with van der Waals surface area (Å²) in [4.78, 5) is 25.6. The third kappa shape index (κ3) is 4.84. The van der Waals surface area contributed by atoms with Crippen molar-refractivity contribution >= 4 is 27.3 Å². The predicted molar refractivity (Wildman–Crippen MR) is 132 cm³/mol. The van der Waals surface area contributed by atoms with Crippen molar-refractivity contribution in [3.05, 3.63) is 61.7 Å². The van der Waals surface area contributed by atoms with Crippen LogP contribution in [-0.4, -0.2) is 61.2 Å². The van der Waals surface area contributed by atoms with Gasteiger partial charge in [-0.25, -0.2) is 8.42 Å². The molecule has 0 radical (unpaired) electrons. The first kappa shape index (κ1) is 25.8. The minimum atomic E-state index is -3.68. The summed E-state index contributed by atoms with van der Waals surface area (Å²) in [5.41, 5.74) is 5.29. The maximum Gasteiger partial charge on any atom is 0.293 e. The van der Waals surface area contributed by atoms with E-state index in [1.165, 1.54) is 10.4 Å². The molecule has 3 rings (SSSR count). The van der Waals surface area contributed by atoms with Crippen LogP contribution < -0.4 is 5.32 Å². The van der Waals surface area contributed by atoms with Crippen molar-refractivity contribution in [2.45, 2.75) is 46.4 Å². The fourth-order valence-corrected chi connectivity index (χ4v) is 6.44. The molecule has 1 heterocycles. The monoisotopic (exact) mass is 488 g/mol. The average molecular weight is 489 g/mol. The topological polar surface area (TPSA) is 113 Å². The average Bonchev–Trinajstić information content (AvgIpc) is 2.78. The maximum absolute atomic E-state index is 13.5. The van der Waals surface area contributed by atoms with E-state index in [9.17, 15) is 23.3 Å². The standard InChI is InChI=1S/C24H32N4O5S/c1-15-8-7-9-21(28(30)31)23(15)25-22(29)14-26-10-12-27(13-11-26)34(32,33)24-19(5)17(3)16(2)18(4)20(24)6/h7-9H,10-14H2,1-6H3,(H,25,29). The molecular weight excluding hydrogens is 456 g/mol. The predicted octanol–water partition coefficient (Wildman–Crippen LogP) is 3.39. The molecule has 0 saturated carbocycles. The van der Waals surface area contributed by atoms with E-state index < -0.39 is 14.9 Å². The fourth-order valence-electron chi connectivity index (χ4n) is 4.46. The Morgan fingerprint density at radius 2 is 1.47 bits per heavy atom. The van der Waals surface area contributed by atoms with Gasteiger partial charge in [-0.15, -0.1) is 0 Å². The van der Waals surface area contributed by atoms with E-state index >= 15 is 0 Å². The Morgan fingerprint density at radius 1 is 0.941 bits per heavy atom. The van der Waals surface area contributed by atoms with Gasteiger partial charge in [0.05, 0.1) is 16.4 Å². The summed E-state index contributed by atoms with van der Waals surface area (Å²) in [5, 5.41) is 13.9. The molecule has 1 N–H and O–H groups in total. The highest BCUT2D eigenvalue weighted by Crippen LogP contribution is 2.32. The number of piperazine rings is 1. The lowest BCUT2D eigenvalue weighted by atomic mass is 9.95. The molecule has 10 heteroatoms. The van der Waals surface area contributed by atoms with Crippen LogP contribution in [0.4, 0.5) is 11.4 Å². The van der Waals surface area contributed by atoms with E-state index in [2.05, 4.69) is 5.32 Å². The first-order chi connectivity index (χ1) is 15.9. The lowest BCUT2D eigenvalue weighted by Gasteiger charge is -2.34. The molecule has 1 amide bonds. The first-order valence-electron chi connectivity index (χ1n) is 11.2. The summed E-state index contributed by atoms with van der Waals surface area (Å²) in [6, 6.07) is 4.62. The van der Waals surface area contributed by atoms with Gasteiger partial charge >= 0.3 is 0 Å². The van der Waals surface area contributed by atoms with Gasteiger partial charge in [0.2, 0.25) is 15.9 Å². The number of rotatable bonds is 6. The Morgan fingerprint density at radius 3 is 2.00 bits per heavy atom. The largest absolute Gasteiger partial charge is 0.319 e. The van der Waals surface area contributed by atoms with Crippen LogP contribution in [0.1, 0.15) is 33.4 Å². The van der Waals surface area contributed by atoms with Crippen molar-refractivity contribution in [1.82, 2.24) is 9.21 Å². The van der Waals surface area contributed by atoms with Crippen molar-refractivity contribution in [3.63, 3.8) is 0 Å². The minimum Gasteiger partial charge on any atom is -0.319 e. The van der Waals surface area contributed by atoms with Gasteiger partial charge in [-0.05, 0) is 74.9 Å². The lowest BCUT2D eigenvalue weighted by molar-refractivity contribution is -0.384. The van der Waals surface area contributed by atoms with Crippen LogP contribution in [0.15, 0.2) is 23.1 Å². The van der Waals surface area contributed by atoms with Crippen LogP contribution in [0.25, 0.3) is 0 Å². The molecule has 0 aliphatic carbocycles. The number of hydrogen-bond acceptors (Lipinski definition) is 6. The van der Waals surface area contributed by atoms with Crippen molar-refractivity contribution in [2.24, 2.45) is 0 Å². The van der Waals surface area contributed by atoms with E-state index in [0.717, 1.165) is 27.8 Å². The highest BCUT2D eigenvalue weighted by Gasteiger charge is 2.33. The van der Waals surface area contributed by atoms with Crippen LogP contribution in [0, 0.1) is 51.7 Å². The molecule has 0 atom stereocenters. The van der Waals surface area contributed by atoms with Gasteiger partial charge < -0.3 is 5.32 Å². The summed E-state index contributed by atoms with van der Waals surface area (Å²) in [7, 11) is -3.68. The molecule has 34 heavy (non-hydrogen) atoms. The van der Waals surface area contributed by atoms with Crippen molar-refractivity contribution < 1.29 is 18.1 Å². The zero-order valence-corrected chi connectivity index (χ0v) is 21.4.